The molecule has 0 spiro atoms. The standard InChI is InChI=1S/C18H18FN5O/c1-12-15(13-4-2-5-14(19)16(13)22-12)17(25)23-8-10-24(11-9-23)18-20-6-3-7-21-18/h2-7,22H,8-11H2,1H3. The van der Waals surface area contributed by atoms with Gasteiger partial charge in [-0.1, -0.05) is 12.1 Å². The molecule has 1 aliphatic heterocycles. The van der Waals surface area contributed by atoms with E-state index in [0.717, 1.165) is 0 Å². The fourth-order valence-electron chi connectivity index (χ4n) is 3.31. The molecule has 0 saturated carbocycles. The van der Waals surface area contributed by atoms with Crippen molar-refractivity contribution < 1.29 is 9.18 Å². The van der Waals surface area contributed by atoms with Gasteiger partial charge in [0.05, 0.1) is 11.1 Å². The highest BCUT2D eigenvalue weighted by atomic mass is 19.1. The van der Waals surface area contributed by atoms with Crippen molar-refractivity contribution in [3.63, 3.8) is 0 Å². The molecule has 3 aromatic rings. The maximum absolute atomic E-state index is 13.9. The highest BCUT2D eigenvalue weighted by Gasteiger charge is 2.26. The van der Waals surface area contributed by atoms with Crippen LogP contribution >= 0.6 is 0 Å². The molecule has 1 fully saturated rings. The number of halogens is 1. The molecule has 6 nitrogen and oxygen atoms in total. The summed E-state index contributed by atoms with van der Waals surface area (Å²) in [5.41, 5.74) is 1.64. The van der Waals surface area contributed by atoms with Crippen LogP contribution in [0.1, 0.15) is 16.1 Å². The van der Waals surface area contributed by atoms with E-state index in [4.69, 9.17) is 0 Å². The minimum Gasteiger partial charge on any atom is -0.356 e. The first-order valence-corrected chi connectivity index (χ1v) is 8.23. The fraction of sp³-hybridized carbons (Fsp3) is 0.278. The quantitative estimate of drug-likeness (QED) is 0.778. The number of aromatic nitrogens is 3. The SMILES string of the molecule is Cc1[nH]c2c(F)cccc2c1C(=O)N1CCN(c2ncccn2)CC1. The molecule has 0 radical (unpaired) electrons. The number of anilines is 1. The third-order valence-corrected chi connectivity index (χ3v) is 4.59. The number of carbonyl (C=O) groups is 1. The van der Waals surface area contributed by atoms with Crippen molar-refractivity contribution in [2.24, 2.45) is 0 Å². The molecular weight excluding hydrogens is 321 g/mol. The number of carbonyl (C=O) groups excluding carboxylic acids is 1. The first kappa shape index (κ1) is 15.6. The van der Waals surface area contributed by atoms with Gasteiger partial charge in [-0.05, 0) is 19.1 Å². The lowest BCUT2D eigenvalue weighted by Crippen LogP contribution is -2.49. The number of hydrogen-bond donors (Lipinski definition) is 1. The lowest BCUT2D eigenvalue weighted by molar-refractivity contribution is 0.0747. The van der Waals surface area contributed by atoms with Gasteiger partial charge in [0.25, 0.3) is 5.91 Å². The van der Waals surface area contributed by atoms with Crippen LogP contribution in [0.25, 0.3) is 10.9 Å². The van der Waals surface area contributed by atoms with Crippen LogP contribution in [-0.4, -0.2) is 51.9 Å². The summed E-state index contributed by atoms with van der Waals surface area (Å²) in [6, 6.07) is 6.59. The summed E-state index contributed by atoms with van der Waals surface area (Å²) in [7, 11) is 0. The summed E-state index contributed by atoms with van der Waals surface area (Å²) in [6.07, 6.45) is 3.42. The highest BCUT2D eigenvalue weighted by molar-refractivity contribution is 6.08. The molecule has 1 amide bonds. The Kier molecular flexibility index (Phi) is 3.83. The van der Waals surface area contributed by atoms with Crippen LogP contribution in [0.2, 0.25) is 0 Å². The van der Waals surface area contributed by atoms with Crippen molar-refractivity contribution in [3.05, 3.63) is 53.7 Å². The zero-order valence-electron chi connectivity index (χ0n) is 13.9. The molecule has 0 aliphatic carbocycles. The summed E-state index contributed by atoms with van der Waals surface area (Å²) in [6.45, 7) is 4.31. The van der Waals surface area contributed by atoms with Gasteiger partial charge in [-0.3, -0.25) is 4.79 Å². The molecule has 0 atom stereocenters. The Morgan fingerprint density at radius 3 is 2.56 bits per heavy atom. The van der Waals surface area contributed by atoms with E-state index in [0.29, 0.717) is 54.3 Å². The topological polar surface area (TPSA) is 65.1 Å². The second-order valence-electron chi connectivity index (χ2n) is 6.12. The zero-order valence-corrected chi connectivity index (χ0v) is 13.9. The molecule has 1 saturated heterocycles. The zero-order chi connectivity index (χ0) is 17.4. The van der Waals surface area contributed by atoms with Gasteiger partial charge in [0.2, 0.25) is 5.95 Å². The number of aromatic amines is 1. The molecule has 1 aliphatic rings. The number of H-pyrrole nitrogens is 1. The number of piperazine rings is 1. The number of hydrogen-bond acceptors (Lipinski definition) is 4. The summed E-state index contributed by atoms with van der Waals surface area (Å²) in [4.78, 5) is 28.4. The number of nitrogens with one attached hydrogen (secondary N) is 1. The molecular formula is C18H18FN5O. The Bertz CT molecular complexity index is 916. The van der Waals surface area contributed by atoms with Crippen molar-refractivity contribution in [2.45, 2.75) is 6.92 Å². The predicted octanol–water partition coefficient (Wildman–Crippen LogP) is 2.37. The number of nitrogens with zero attached hydrogens (tertiary/aromatic N) is 4. The molecule has 3 heterocycles. The fourth-order valence-corrected chi connectivity index (χ4v) is 3.31. The second kappa shape index (κ2) is 6.16. The number of para-hydroxylation sites is 1. The molecule has 0 unspecified atom stereocenters. The van der Waals surface area contributed by atoms with Crippen LogP contribution < -0.4 is 4.90 Å². The van der Waals surface area contributed by atoms with Crippen LogP contribution in [0, 0.1) is 12.7 Å². The first-order chi connectivity index (χ1) is 12.1. The summed E-state index contributed by atoms with van der Waals surface area (Å²) in [5, 5.41) is 0.635. The van der Waals surface area contributed by atoms with Gasteiger partial charge in [-0.2, -0.15) is 0 Å². The number of benzene rings is 1. The monoisotopic (exact) mass is 339 g/mol. The number of rotatable bonds is 2. The minimum absolute atomic E-state index is 0.0667. The van der Waals surface area contributed by atoms with Crippen molar-refractivity contribution in [1.29, 1.82) is 0 Å². The smallest absolute Gasteiger partial charge is 0.256 e. The Morgan fingerprint density at radius 2 is 1.84 bits per heavy atom. The number of amides is 1. The Hall–Kier alpha value is -2.96. The third kappa shape index (κ3) is 2.71. The van der Waals surface area contributed by atoms with Crippen molar-refractivity contribution in [3.8, 4) is 0 Å². The van der Waals surface area contributed by atoms with E-state index >= 15 is 0 Å². The van der Waals surface area contributed by atoms with Gasteiger partial charge < -0.3 is 14.8 Å². The van der Waals surface area contributed by atoms with E-state index in [2.05, 4.69) is 19.9 Å². The first-order valence-electron chi connectivity index (χ1n) is 8.23. The van der Waals surface area contributed by atoms with E-state index in [1.54, 1.807) is 42.4 Å². The van der Waals surface area contributed by atoms with Gasteiger partial charge in [0.15, 0.2) is 0 Å². The molecule has 128 valence electrons. The predicted molar refractivity (Wildman–Crippen MR) is 93.1 cm³/mol. The van der Waals surface area contributed by atoms with Crippen molar-refractivity contribution in [2.75, 3.05) is 31.1 Å². The molecule has 2 aromatic heterocycles. The molecule has 7 heteroatoms. The van der Waals surface area contributed by atoms with Crippen LogP contribution in [0.5, 0.6) is 0 Å². The van der Waals surface area contributed by atoms with Crippen molar-refractivity contribution in [1.82, 2.24) is 19.9 Å². The minimum atomic E-state index is -0.342. The Morgan fingerprint density at radius 1 is 1.12 bits per heavy atom. The normalized spacial score (nSPS) is 15.0. The maximum atomic E-state index is 13.9. The van der Waals surface area contributed by atoms with Crippen LogP contribution in [0.4, 0.5) is 10.3 Å². The summed E-state index contributed by atoms with van der Waals surface area (Å²) < 4.78 is 13.9. The van der Waals surface area contributed by atoms with Gasteiger partial charge >= 0.3 is 0 Å². The number of fused-ring (bicyclic) bond motifs is 1. The molecule has 0 bridgehead atoms. The van der Waals surface area contributed by atoms with Crippen LogP contribution in [0.3, 0.4) is 0 Å². The van der Waals surface area contributed by atoms with E-state index in [1.807, 2.05) is 0 Å². The van der Waals surface area contributed by atoms with Crippen LogP contribution in [0.15, 0.2) is 36.7 Å². The maximum Gasteiger partial charge on any atom is 0.256 e. The van der Waals surface area contributed by atoms with Gasteiger partial charge in [0, 0.05) is 49.7 Å². The molecule has 1 N–H and O–H groups in total. The van der Waals surface area contributed by atoms with E-state index in [-0.39, 0.29) is 11.7 Å². The van der Waals surface area contributed by atoms with Gasteiger partial charge in [0.1, 0.15) is 5.82 Å². The molecule has 25 heavy (non-hydrogen) atoms. The highest BCUT2D eigenvalue weighted by Crippen LogP contribution is 2.26. The Labute approximate surface area is 144 Å². The van der Waals surface area contributed by atoms with Crippen molar-refractivity contribution >= 4 is 22.8 Å². The largest absolute Gasteiger partial charge is 0.356 e. The summed E-state index contributed by atoms with van der Waals surface area (Å²) >= 11 is 0. The second-order valence-corrected chi connectivity index (χ2v) is 6.12. The lowest BCUT2D eigenvalue weighted by atomic mass is 10.1. The lowest BCUT2D eigenvalue weighted by Gasteiger charge is -2.34. The van der Waals surface area contributed by atoms with E-state index in [9.17, 15) is 9.18 Å². The van der Waals surface area contributed by atoms with Crippen LogP contribution in [-0.2, 0) is 0 Å². The average molecular weight is 339 g/mol. The molecule has 4 rings (SSSR count). The third-order valence-electron chi connectivity index (χ3n) is 4.59. The molecule has 1 aromatic carbocycles. The van der Waals surface area contributed by atoms with Gasteiger partial charge in [-0.15, -0.1) is 0 Å². The average Bonchev–Trinajstić information content (AvgIpc) is 2.99. The summed E-state index contributed by atoms with van der Waals surface area (Å²) in [5.74, 6) is 0.272. The Balaban J connectivity index is 1.55. The van der Waals surface area contributed by atoms with E-state index in [1.165, 1.54) is 6.07 Å². The van der Waals surface area contributed by atoms with Gasteiger partial charge in [-0.25, -0.2) is 14.4 Å². The number of aryl methyl sites for hydroxylation is 1. The van der Waals surface area contributed by atoms with E-state index < -0.39 is 0 Å².